The summed E-state index contributed by atoms with van der Waals surface area (Å²) < 4.78 is 53.8. The maximum Gasteiger partial charge on any atom is 0.416 e. The summed E-state index contributed by atoms with van der Waals surface area (Å²) in [7, 11) is 1.51. The van der Waals surface area contributed by atoms with Crippen molar-refractivity contribution in [3.8, 4) is 0 Å². The second-order valence-corrected chi connectivity index (χ2v) is 6.09. The van der Waals surface area contributed by atoms with Gasteiger partial charge in [-0.25, -0.2) is 4.39 Å². The fourth-order valence-electron chi connectivity index (χ4n) is 2.63. The molecular weight excluding hydrogens is 376 g/mol. The minimum atomic E-state index is -4.63. The lowest BCUT2D eigenvalue weighted by Gasteiger charge is -2.16. The fourth-order valence-corrected chi connectivity index (χ4v) is 2.63. The first-order valence-corrected chi connectivity index (χ1v) is 8.77. The lowest BCUT2D eigenvalue weighted by atomic mass is 10.1. The van der Waals surface area contributed by atoms with Crippen LogP contribution in [-0.2, 0) is 19.3 Å². The maximum absolute atomic E-state index is 13.2. The van der Waals surface area contributed by atoms with Crippen molar-refractivity contribution in [3.05, 3.63) is 69.9 Å². The Bertz CT molecular complexity index is 861. The van der Waals surface area contributed by atoms with E-state index in [1.807, 2.05) is 0 Å². The largest absolute Gasteiger partial charge is 0.416 e. The zero-order valence-corrected chi connectivity index (χ0v) is 15.4. The molecule has 1 aromatic heterocycles. The van der Waals surface area contributed by atoms with E-state index < -0.39 is 17.6 Å². The molecule has 0 aliphatic rings. The first-order valence-electron chi connectivity index (χ1n) is 8.77. The van der Waals surface area contributed by atoms with Crippen LogP contribution >= 0.6 is 0 Å². The van der Waals surface area contributed by atoms with E-state index >= 15 is 0 Å². The minimum Gasteiger partial charge on any atom is -0.356 e. The van der Waals surface area contributed by atoms with Crippen LogP contribution in [0.1, 0.15) is 24.0 Å². The number of nitrogens with zero attached hydrogens (tertiary/aromatic N) is 2. The highest BCUT2D eigenvalue weighted by atomic mass is 19.4. The van der Waals surface area contributed by atoms with Crippen LogP contribution in [-0.4, -0.2) is 24.1 Å². The number of guanidine groups is 1. The van der Waals surface area contributed by atoms with E-state index in [2.05, 4.69) is 15.6 Å². The van der Waals surface area contributed by atoms with Gasteiger partial charge in [0, 0.05) is 38.9 Å². The molecule has 2 N–H and O–H groups in total. The molecule has 0 amide bonds. The summed E-state index contributed by atoms with van der Waals surface area (Å²) in [5.41, 5.74) is -1.14. The number of aliphatic imine (C=N–C) groups is 1. The zero-order chi connectivity index (χ0) is 20.6. The molecule has 0 fully saturated rings. The van der Waals surface area contributed by atoms with Crippen LogP contribution in [0.4, 0.5) is 17.6 Å². The van der Waals surface area contributed by atoms with Gasteiger partial charge in [0.25, 0.3) is 0 Å². The van der Waals surface area contributed by atoms with Crippen molar-refractivity contribution in [2.45, 2.75) is 32.1 Å². The average Bonchev–Trinajstić information content (AvgIpc) is 2.65. The first kappa shape index (κ1) is 21.5. The lowest BCUT2D eigenvalue weighted by molar-refractivity contribution is -0.138. The van der Waals surface area contributed by atoms with Gasteiger partial charge < -0.3 is 15.2 Å². The molecule has 0 aliphatic carbocycles. The predicted molar refractivity (Wildman–Crippen MR) is 99.5 cm³/mol. The highest BCUT2D eigenvalue weighted by Crippen LogP contribution is 2.32. The summed E-state index contributed by atoms with van der Waals surface area (Å²) in [5, 5.41) is 5.80. The normalized spacial score (nSPS) is 12.1. The van der Waals surface area contributed by atoms with E-state index in [1.165, 1.54) is 13.1 Å². The fraction of sp³-hybridized carbons (Fsp3) is 0.368. The van der Waals surface area contributed by atoms with E-state index in [1.54, 1.807) is 22.9 Å². The molecule has 0 atom stereocenters. The molecule has 0 saturated heterocycles. The van der Waals surface area contributed by atoms with Crippen molar-refractivity contribution in [1.29, 1.82) is 0 Å². The van der Waals surface area contributed by atoms with Crippen molar-refractivity contribution < 1.29 is 17.6 Å². The number of hydrogen-bond donors (Lipinski definition) is 2. The van der Waals surface area contributed by atoms with Gasteiger partial charge in [0.2, 0.25) is 5.56 Å². The summed E-state index contributed by atoms with van der Waals surface area (Å²) in [6, 6.07) is 7.55. The van der Waals surface area contributed by atoms with Gasteiger partial charge >= 0.3 is 6.18 Å². The molecule has 28 heavy (non-hydrogen) atoms. The number of rotatable bonds is 7. The Kier molecular flexibility index (Phi) is 7.60. The van der Waals surface area contributed by atoms with E-state index in [9.17, 15) is 22.4 Å². The van der Waals surface area contributed by atoms with E-state index in [4.69, 9.17) is 0 Å². The van der Waals surface area contributed by atoms with Crippen LogP contribution in [0.25, 0.3) is 0 Å². The van der Waals surface area contributed by atoms with Crippen molar-refractivity contribution in [2.75, 3.05) is 13.6 Å². The molecule has 1 heterocycles. The maximum atomic E-state index is 13.2. The van der Waals surface area contributed by atoms with E-state index in [0.717, 1.165) is 25.0 Å². The van der Waals surface area contributed by atoms with Crippen LogP contribution < -0.4 is 16.2 Å². The van der Waals surface area contributed by atoms with Gasteiger partial charge in [-0.1, -0.05) is 12.1 Å². The number of unbranched alkanes of at least 4 members (excludes halogenated alkanes) is 1. The van der Waals surface area contributed by atoms with Crippen molar-refractivity contribution in [1.82, 2.24) is 15.2 Å². The monoisotopic (exact) mass is 398 g/mol. The van der Waals surface area contributed by atoms with Gasteiger partial charge in [-0.05, 0) is 36.6 Å². The SMILES string of the molecule is CN=C(NCCCCn1ccccc1=O)NCc1ccc(F)cc1C(F)(F)F. The zero-order valence-electron chi connectivity index (χ0n) is 15.4. The summed E-state index contributed by atoms with van der Waals surface area (Å²) in [6.07, 6.45) is -1.42. The summed E-state index contributed by atoms with van der Waals surface area (Å²) in [5.74, 6) is -0.592. The van der Waals surface area contributed by atoms with Crippen molar-refractivity contribution in [3.63, 3.8) is 0 Å². The summed E-state index contributed by atoms with van der Waals surface area (Å²) >= 11 is 0. The molecule has 0 bridgehead atoms. The summed E-state index contributed by atoms with van der Waals surface area (Å²) in [6.45, 7) is 0.975. The molecule has 9 heteroatoms. The highest BCUT2D eigenvalue weighted by molar-refractivity contribution is 5.79. The van der Waals surface area contributed by atoms with Crippen LogP contribution in [0.3, 0.4) is 0 Å². The third-order valence-electron chi connectivity index (χ3n) is 4.06. The van der Waals surface area contributed by atoms with E-state index in [0.29, 0.717) is 25.1 Å². The lowest BCUT2D eigenvalue weighted by Crippen LogP contribution is -2.37. The number of benzene rings is 1. The Balaban J connectivity index is 1.81. The molecule has 0 saturated carbocycles. The number of aromatic nitrogens is 1. The summed E-state index contributed by atoms with van der Waals surface area (Å²) in [4.78, 5) is 15.6. The number of alkyl halides is 3. The second-order valence-electron chi connectivity index (χ2n) is 6.09. The first-order chi connectivity index (χ1) is 13.3. The minimum absolute atomic E-state index is 0.0623. The topological polar surface area (TPSA) is 58.4 Å². The second kappa shape index (κ2) is 9.91. The molecule has 1 aromatic carbocycles. The van der Waals surface area contributed by atoms with Gasteiger partial charge in [0.1, 0.15) is 5.82 Å². The van der Waals surface area contributed by atoms with Crippen LogP contribution in [0, 0.1) is 5.82 Å². The van der Waals surface area contributed by atoms with Crippen molar-refractivity contribution in [2.24, 2.45) is 4.99 Å². The third kappa shape index (κ3) is 6.40. The predicted octanol–water partition coefficient (Wildman–Crippen LogP) is 3.15. The molecule has 0 radical (unpaired) electrons. The Morgan fingerprint density at radius 2 is 1.93 bits per heavy atom. The number of halogens is 4. The van der Waals surface area contributed by atoms with E-state index in [-0.39, 0.29) is 17.7 Å². The molecule has 0 unspecified atom stereocenters. The molecule has 5 nitrogen and oxygen atoms in total. The number of pyridine rings is 1. The molecule has 2 aromatic rings. The number of aryl methyl sites for hydroxylation is 1. The molecular formula is C19H22F4N4O. The van der Waals surface area contributed by atoms with Crippen LogP contribution in [0.2, 0.25) is 0 Å². The Morgan fingerprint density at radius 1 is 1.14 bits per heavy atom. The number of nitrogens with one attached hydrogen (secondary N) is 2. The van der Waals surface area contributed by atoms with Gasteiger partial charge in [-0.3, -0.25) is 9.79 Å². The van der Waals surface area contributed by atoms with Gasteiger partial charge in [-0.2, -0.15) is 13.2 Å². The standard InChI is InChI=1S/C19H22F4N4O/c1-24-18(25-9-3-5-11-27-10-4-2-6-17(27)28)26-13-14-7-8-15(20)12-16(14)19(21,22)23/h2,4,6-8,10,12H,3,5,9,11,13H2,1H3,(H2,24,25,26). The molecule has 0 aliphatic heterocycles. The van der Waals surface area contributed by atoms with Gasteiger partial charge in [-0.15, -0.1) is 0 Å². The van der Waals surface area contributed by atoms with Gasteiger partial charge in [0.05, 0.1) is 5.56 Å². The Morgan fingerprint density at radius 3 is 2.61 bits per heavy atom. The number of hydrogen-bond acceptors (Lipinski definition) is 2. The molecule has 152 valence electrons. The molecule has 2 rings (SSSR count). The van der Waals surface area contributed by atoms with Crippen molar-refractivity contribution >= 4 is 5.96 Å². The van der Waals surface area contributed by atoms with Gasteiger partial charge in [0.15, 0.2) is 5.96 Å². The quantitative estimate of drug-likeness (QED) is 0.326. The smallest absolute Gasteiger partial charge is 0.356 e. The average molecular weight is 398 g/mol. The van der Waals surface area contributed by atoms with Crippen LogP contribution in [0.5, 0.6) is 0 Å². The van der Waals surface area contributed by atoms with Crippen LogP contribution in [0.15, 0.2) is 52.4 Å². The Hall–Kier alpha value is -2.84. The highest BCUT2D eigenvalue weighted by Gasteiger charge is 2.33. The third-order valence-corrected chi connectivity index (χ3v) is 4.06. The molecule has 0 spiro atoms. The Labute approximate surface area is 160 Å².